The van der Waals surface area contributed by atoms with E-state index < -0.39 is 11.9 Å². The van der Waals surface area contributed by atoms with Crippen LogP contribution in [0.3, 0.4) is 0 Å². The van der Waals surface area contributed by atoms with Crippen LogP contribution in [0.15, 0.2) is 29.4 Å². The molecule has 1 N–H and O–H groups in total. The molecule has 1 aromatic rings. The molecule has 0 unspecified atom stereocenters. The highest BCUT2D eigenvalue weighted by Gasteiger charge is 2.42. The first-order valence-electron chi connectivity index (χ1n) is 7.85. The van der Waals surface area contributed by atoms with Gasteiger partial charge in [-0.2, -0.15) is 9.69 Å². The van der Waals surface area contributed by atoms with E-state index in [-0.39, 0.29) is 24.5 Å². The van der Waals surface area contributed by atoms with Gasteiger partial charge >= 0.3 is 6.03 Å². The van der Waals surface area contributed by atoms with E-state index in [4.69, 9.17) is 0 Å². The molecule has 0 spiro atoms. The van der Waals surface area contributed by atoms with E-state index in [2.05, 4.69) is 24.3 Å². The number of amides is 4. The molecule has 3 rings (SSSR count). The molecule has 0 bridgehead atoms. The molecule has 0 radical (unpaired) electrons. The molecule has 4 amide bonds. The molecule has 7 nitrogen and oxygen atoms in total. The van der Waals surface area contributed by atoms with Gasteiger partial charge < -0.3 is 0 Å². The Balaban J connectivity index is 1.98. The summed E-state index contributed by atoms with van der Waals surface area (Å²) in [6.45, 7) is 4.22. The monoisotopic (exact) mass is 327 g/mol. The Morgan fingerprint density at radius 3 is 2.38 bits per heavy atom. The molecule has 1 fully saturated rings. The minimum atomic E-state index is -0.562. The molecule has 24 heavy (non-hydrogen) atoms. The summed E-state index contributed by atoms with van der Waals surface area (Å²) in [7, 11) is 1.62. The molecule has 1 saturated heterocycles. The van der Waals surface area contributed by atoms with Gasteiger partial charge in [-0.15, -0.1) is 0 Å². The molecule has 0 saturated carbocycles. The number of piperidine rings is 1. The molecule has 7 heteroatoms. The zero-order valence-electron chi connectivity index (χ0n) is 13.9. The van der Waals surface area contributed by atoms with Crippen LogP contribution < -0.4 is 5.32 Å². The van der Waals surface area contributed by atoms with Crippen molar-refractivity contribution in [1.29, 1.82) is 0 Å². The van der Waals surface area contributed by atoms with Gasteiger partial charge in [0.15, 0.2) is 0 Å². The van der Waals surface area contributed by atoms with Crippen LogP contribution in [0.5, 0.6) is 0 Å². The van der Waals surface area contributed by atoms with Crippen LogP contribution in [0.25, 0.3) is 0 Å². The molecule has 0 aliphatic carbocycles. The summed E-state index contributed by atoms with van der Waals surface area (Å²) in [5.41, 5.74) is 2.19. The first-order chi connectivity index (χ1) is 11.4. The van der Waals surface area contributed by atoms with Gasteiger partial charge in [-0.25, -0.2) is 0 Å². The normalized spacial score (nSPS) is 21.4. The molecular formula is C17H19N4O3+. The third kappa shape index (κ3) is 2.73. The molecule has 124 valence electrons. The lowest BCUT2D eigenvalue weighted by Crippen LogP contribution is -2.45. The van der Waals surface area contributed by atoms with Crippen LogP contribution in [0.1, 0.15) is 43.7 Å². The number of hydrazone groups is 1. The van der Waals surface area contributed by atoms with Gasteiger partial charge in [-0.3, -0.25) is 14.9 Å². The van der Waals surface area contributed by atoms with Gasteiger partial charge in [0.05, 0.1) is 7.05 Å². The number of benzene rings is 1. The molecule has 1 aromatic carbocycles. The van der Waals surface area contributed by atoms with Crippen molar-refractivity contribution in [3.63, 3.8) is 0 Å². The van der Waals surface area contributed by atoms with Gasteiger partial charge in [0, 0.05) is 18.4 Å². The molecule has 0 aromatic heterocycles. The summed E-state index contributed by atoms with van der Waals surface area (Å²) in [5.74, 6) is -0.00246. The maximum absolute atomic E-state index is 12.4. The van der Waals surface area contributed by atoms with Crippen molar-refractivity contribution in [2.75, 3.05) is 7.05 Å². The minimum Gasteiger partial charge on any atom is -0.289 e. The number of nitrogens with zero attached hydrogens (tertiary/aromatic N) is 3. The van der Waals surface area contributed by atoms with Crippen molar-refractivity contribution in [2.24, 2.45) is 5.10 Å². The van der Waals surface area contributed by atoms with E-state index in [0.717, 1.165) is 10.2 Å². The molecule has 2 heterocycles. The van der Waals surface area contributed by atoms with Gasteiger partial charge in [0.25, 0.3) is 11.7 Å². The number of carbonyl (C=O) groups is 3. The van der Waals surface area contributed by atoms with Gasteiger partial charge in [-0.1, -0.05) is 30.7 Å². The number of imide groups is 1. The quantitative estimate of drug-likeness (QED) is 0.659. The fraction of sp³-hybridized carbons (Fsp3) is 0.353. The van der Waals surface area contributed by atoms with E-state index in [1.165, 1.54) is 10.5 Å². The largest absolute Gasteiger partial charge is 0.525 e. The second-order valence-electron chi connectivity index (χ2n) is 6.18. The van der Waals surface area contributed by atoms with Gasteiger partial charge in [-0.05, 0) is 28.7 Å². The Morgan fingerprint density at radius 2 is 1.79 bits per heavy atom. The fourth-order valence-corrected chi connectivity index (χ4v) is 2.69. The minimum absolute atomic E-state index is 0.169. The number of carbonyl (C=O) groups excluding carboxylic acids is 3. The number of rotatable bonds is 2. The van der Waals surface area contributed by atoms with E-state index in [9.17, 15) is 14.4 Å². The Hall–Kier alpha value is -2.83. The van der Waals surface area contributed by atoms with Crippen LogP contribution in [0.4, 0.5) is 4.79 Å². The third-order valence-corrected chi connectivity index (χ3v) is 4.18. The zero-order chi connectivity index (χ0) is 17.4. The Kier molecular flexibility index (Phi) is 4.01. The van der Waals surface area contributed by atoms with E-state index in [1.54, 1.807) is 7.05 Å². The molecule has 2 aliphatic rings. The highest BCUT2D eigenvalue weighted by Crippen LogP contribution is 2.18. The average molecular weight is 327 g/mol. The van der Waals surface area contributed by atoms with Crippen LogP contribution in [0, 0.1) is 0 Å². The summed E-state index contributed by atoms with van der Waals surface area (Å²) in [4.78, 5) is 37.1. The summed E-state index contributed by atoms with van der Waals surface area (Å²) < 4.78 is 1.09. The van der Waals surface area contributed by atoms with Gasteiger partial charge in [0.2, 0.25) is 11.6 Å². The van der Waals surface area contributed by atoms with Crippen LogP contribution in [0.2, 0.25) is 0 Å². The lowest BCUT2D eigenvalue weighted by Gasteiger charge is -2.10. The molecule has 0 atom stereocenters. The summed E-state index contributed by atoms with van der Waals surface area (Å²) >= 11 is 0. The maximum Gasteiger partial charge on any atom is 0.525 e. The van der Waals surface area contributed by atoms with Gasteiger partial charge in [0.1, 0.15) is 0 Å². The van der Waals surface area contributed by atoms with Crippen molar-refractivity contribution in [3.05, 3.63) is 35.4 Å². The SMILES string of the molecule is CC(C)c1ccc(C2=N/[N+](=C3\CCC(=O)NC3=O)C(=O)N2C)cc1. The highest BCUT2D eigenvalue weighted by atomic mass is 16.2. The lowest BCUT2D eigenvalue weighted by molar-refractivity contribution is -0.429. The Bertz CT molecular complexity index is 791. The maximum atomic E-state index is 12.4. The smallest absolute Gasteiger partial charge is 0.289 e. The Morgan fingerprint density at radius 1 is 1.12 bits per heavy atom. The molecular weight excluding hydrogens is 308 g/mol. The predicted molar refractivity (Wildman–Crippen MR) is 87.9 cm³/mol. The number of hydrogen-bond donors (Lipinski definition) is 1. The molecule has 2 aliphatic heterocycles. The van der Waals surface area contributed by atoms with Crippen LogP contribution in [-0.2, 0) is 9.59 Å². The fourth-order valence-electron chi connectivity index (χ4n) is 2.69. The number of urea groups is 1. The summed E-state index contributed by atoms with van der Waals surface area (Å²) in [5, 5.41) is 6.53. The van der Waals surface area contributed by atoms with Crippen molar-refractivity contribution < 1.29 is 19.1 Å². The highest BCUT2D eigenvalue weighted by molar-refractivity contribution is 6.41. The first-order valence-corrected chi connectivity index (χ1v) is 7.85. The van der Waals surface area contributed by atoms with Crippen molar-refractivity contribution in [1.82, 2.24) is 10.2 Å². The van der Waals surface area contributed by atoms with Crippen LogP contribution in [-0.4, -0.2) is 46.0 Å². The number of hydrogen-bond acceptors (Lipinski definition) is 4. The van der Waals surface area contributed by atoms with Crippen molar-refractivity contribution in [2.45, 2.75) is 32.6 Å². The standard InChI is InChI=1S/C17H18N4O3/c1-10(2)11-4-6-12(7-5-11)15-19-21(17(24)20(15)3)13-8-9-14(22)18-16(13)23/h4-7,10H,8-9H2,1-3H3/p+1/b21-13+. The third-order valence-electron chi connectivity index (χ3n) is 4.18. The average Bonchev–Trinajstić information content (AvgIpc) is 2.84. The lowest BCUT2D eigenvalue weighted by atomic mass is 10.0. The second kappa shape index (κ2) is 5.99. The number of amidine groups is 1. The summed E-state index contributed by atoms with van der Waals surface area (Å²) in [6, 6.07) is 7.43. The van der Waals surface area contributed by atoms with E-state index in [1.807, 2.05) is 24.3 Å². The predicted octanol–water partition coefficient (Wildman–Crippen LogP) is 1.43. The topological polar surface area (TPSA) is 81.8 Å². The summed E-state index contributed by atoms with van der Waals surface area (Å²) in [6.07, 6.45) is 0.371. The second-order valence-corrected chi connectivity index (χ2v) is 6.18. The Labute approximate surface area is 139 Å². The van der Waals surface area contributed by atoms with Crippen molar-refractivity contribution >= 4 is 29.4 Å². The first kappa shape index (κ1) is 16.0. The number of nitrogens with one attached hydrogen (secondary N) is 1. The van der Waals surface area contributed by atoms with Crippen molar-refractivity contribution in [3.8, 4) is 0 Å². The van der Waals surface area contributed by atoms with E-state index >= 15 is 0 Å². The van der Waals surface area contributed by atoms with Crippen LogP contribution >= 0.6 is 0 Å². The zero-order valence-corrected chi connectivity index (χ0v) is 13.9. The van der Waals surface area contributed by atoms with E-state index in [0.29, 0.717) is 11.8 Å².